The van der Waals surface area contributed by atoms with Crippen molar-refractivity contribution < 1.29 is 9.53 Å². The van der Waals surface area contributed by atoms with Gasteiger partial charge in [0.1, 0.15) is 0 Å². The summed E-state index contributed by atoms with van der Waals surface area (Å²) in [6.07, 6.45) is 1.25. The lowest BCUT2D eigenvalue weighted by atomic mass is 10.0. The minimum atomic E-state index is -0.354. The zero-order chi connectivity index (χ0) is 13.0. The van der Waals surface area contributed by atoms with E-state index < -0.39 is 0 Å². The van der Waals surface area contributed by atoms with E-state index in [1.54, 1.807) is 6.92 Å². The van der Waals surface area contributed by atoms with E-state index in [1.807, 2.05) is 25.1 Å². The van der Waals surface area contributed by atoms with E-state index in [0.29, 0.717) is 6.61 Å². The molecule has 4 heteroatoms. The highest BCUT2D eigenvalue weighted by atomic mass is 16.6. The lowest BCUT2D eigenvalue weighted by Gasteiger charge is -2.16. The van der Waals surface area contributed by atoms with Crippen molar-refractivity contribution in [3.8, 4) is 0 Å². The van der Waals surface area contributed by atoms with Crippen molar-refractivity contribution in [2.75, 3.05) is 6.61 Å². The first kappa shape index (κ1) is 12.6. The molecule has 0 saturated carbocycles. The van der Waals surface area contributed by atoms with Crippen molar-refractivity contribution in [2.24, 2.45) is 5.10 Å². The van der Waals surface area contributed by atoms with Gasteiger partial charge in [-0.05, 0) is 19.4 Å². The van der Waals surface area contributed by atoms with Crippen LogP contribution in [0.2, 0.25) is 0 Å². The topological polar surface area (TPSA) is 41.9 Å². The molecule has 1 aliphatic heterocycles. The Balaban J connectivity index is 2.03. The summed E-state index contributed by atoms with van der Waals surface area (Å²) in [6.45, 7) is 4.16. The molecule has 0 N–H and O–H groups in total. The number of carbonyl (C=O) groups excluding carboxylic acids is 1. The van der Waals surface area contributed by atoms with Crippen LogP contribution in [0.3, 0.4) is 0 Å². The van der Waals surface area contributed by atoms with Gasteiger partial charge in [-0.2, -0.15) is 10.1 Å². The molecule has 96 valence electrons. The van der Waals surface area contributed by atoms with Gasteiger partial charge in [0.2, 0.25) is 0 Å². The summed E-state index contributed by atoms with van der Waals surface area (Å²) in [7, 11) is 0. The van der Waals surface area contributed by atoms with Gasteiger partial charge >= 0.3 is 6.09 Å². The minimum Gasteiger partial charge on any atom is -0.448 e. The Labute approximate surface area is 107 Å². The summed E-state index contributed by atoms with van der Waals surface area (Å²) in [6, 6.07) is 10.2. The molecule has 4 nitrogen and oxygen atoms in total. The summed E-state index contributed by atoms with van der Waals surface area (Å²) < 4.78 is 4.97. The summed E-state index contributed by atoms with van der Waals surface area (Å²) >= 11 is 0. The highest BCUT2D eigenvalue weighted by Gasteiger charge is 2.28. The molecule has 18 heavy (non-hydrogen) atoms. The van der Waals surface area contributed by atoms with Crippen molar-refractivity contribution in [1.29, 1.82) is 0 Å². The number of hydrogen-bond donors (Lipinski definition) is 0. The lowest BCUT2D eigenvalue weighted by molar-refractivity contribution is 0.100. The second kappa shape index (κ2) is 5.67. The van der Waals surface area contributed by atoms with Crippen LogP contribution in [0, 0.1) is 0 Å². The summed E-state index contributed by atoms with van der Waals surface area (Å²) in [5, 5.41) is 5.80. The average Bonchev–Trinajstić information content (AvgIpc) is 2.72. The van der Waals surface area contributed by atoms with Gasteiger partial charge in [0, 0.05) is 18.6 Å². The number of ether oxygens (including phenoxy) is 1. The Hall–Kier alpha value is -1.84. The Kier molecular flexibility index (Phi) is 3.97. The summed E-state index contributed by atoms with van der Waals surface area (Å²) in [5.41, 5.74) is 2.25. The number of hydrazone groups is 1. The van der Waals surface area contributed by atoms with Crippen LogP contribution in [0.4, 0.5) is 4.79 Å². The van der Waals surface area contributed by atoms with Crippen molar-refractivity contribution in [3.63, 3.8) is 0 Å². The van der Waals surface area contributed by atoms with E-state index in [4.69, 9.17) is 4.74 Å². The average molecular weight is 246 g/mol. The molecule has 0 saturated heterocycles. The maximum atomic E-state index is 11.7. The number of rotatable bonds is 3. The molecule has 0 spiro atoms. The van der Waals surface area contributed by atoms with Gasteiger partial charge in [0.05, 0.1) is 12.6 Å². The van der Waals surface area contributed by atoms with Crippen LogP contribution >= 0.6 is 0 Å². The van der Waals surface area contributed by atoms with Crippen LogP contribution in [-0.2, 0) is 11.2 Å². The molecule has 1 aromatic rings. The highest BCUT2D eigenvalue weighted by Crippen LogP contribution is 2.18. The van der Waals surface area contributed by atoms with Gasteiger partial charge in [0.25, 0.3) is 0 Å². The summed E-state index contributed by atoms with van der Waals surface area (Å²) in [5.74, 6) is 0. The van der Waals surface area contributed by atoms with E-state index >= 15 is 0 Å². The summed E-state index contributed by atoms with van der Waals surface area (Å²) in [4.78, 5) is 11.7. The lowest BCUT2D eigenvalue weighted by Crippen LogP contribution is -2.30. The molecule has 1 heterocycles. The molecular weight excluding hydrogens is 228 g/mol. The number of carbonyl (C=O) groups is 1. The molecule has 1 aliphatic rings. The number of benzene rings is 1. The van der Waals surface area contributed by atoms with Crippen LogP contribution in [0.25, 0.3) is 0 Å². The Morgan fingerprint density at radius 3 is 2.83 bits per heavy atom. The largest absolute Gasteiger partial charge is 0.448 e. The minimum absolute atomic E-state index is 0.0859. The zero-order valence-corrected chi connectivity index (χ0v) is 10.8. The van der Waals surface area contributed by atoms with Crippen LogP contribution in [0.15, 0.2) is 35.4 Å². The Morgan fingerprint density at radius 1 is 1.44 bits per heavy atom. The van der Waals surface area contributed by atoms with E-state index in [-0.39, 0.29) is 12.1 Å². The first-order chi connectivity index (χ1) is 8.70. The molecule has 1 aromatic carbocycles. The molecule has 0 aliphatic carbocycles. The normalized spacial score (nSPS) is 18.7. The highest BCUT2D eigenvalue weighted by molar-refractivity contribution is 5.90. The van der Waals surface area contributed by atoms with Crippen molar-refractivity contribution in [1.82, 2.24) is 5.01 Å². The SMILES string of the molecule is CCOC(=O)N1N=C(Cc2ccccc2)CC1C. The molecular formula is C14H18N2O2. The Bertz CT molecular complexity index is 442. The third kappa shape index (κ3) is 2.88. The van der Waals surface area contributed by atoms with E-state index in [9.17, 15) is 4.79 Å². The monoisotopic (exact) mass is 246 g/mol. The van der Waals surface area contributed by atoms with Gasteiger partial charge in [-0.1, -0.05) is 30.3 Å². The van der Waals surface area contributed by atoms with Crippen molar-refractivity contribution >= 4 is 11.8 Å². The maximum Gasteiger partial charge on any atom is 0.430 e. The third-order valence-corrected chi connectivity index (χ3v) is 2.90. The Morgan fingerprint density at radius 2 is 2.17 bits per heavy atom. The quantitative estimate of drug-likeness (QED) is 0.823. The standard InChI is InChI=1S/C14H18N2O2/c1-3-18-14(17)16-11(2)9-13(15-16)10-12-7-5-4-6-8-12/h4-8,11H,3,9-10H2,1-2H3. The molecule has 0 fully saturated rings. The number of amides is 1. The number of hydrogen-bond acceptors (Lipinski definition) is 3. The van der Waals surface area contributed by atoms with Crippen LogP contribution in [-0.4, -0.2) is 29.5 Å². The molecule has 1 unspecified atom stereocenters. The first-order valence-corrected chi connectivity index (χ1v) is 6.27. The van der Waals surface area contributed by atoms with E-state index in [2.05, 4.69) is 17.2 Å². The smallest absolute Gasteiger partial charge is 0.430 e. The van der Waals surface area contributed by atoms with Gasteiger partial charge in [-0.3, -0.25) is 0 Å². The fourth-order valence-corrected chi connectivity index (χ4v) is 2.07. The second-order valence-electron chi connectivity index (χ2n) is 4.43. The van der Waals surface area contributed by atoms with Crippen molar-refractivity contribution in [2.45, 2.75) is 32.7 Å². The fourth-order valence-electron chi connectivity index (χ4n) is 2.07. The molecule has 1 amide bonds. The first-order valence-electron chi connectivity index (χ1n) is 6.27. The molecule has 0 aromatic heterocycles. The molecule has 1 atom stereocenters. The predicted octanol–water partition coefficient (Wildman–Crippen LogP) is 2.84. The van der Waals surface area contributed by atoms with Crippen LogP contribution in [0.1, 0.15) is 25.8 Å². The fraction of sp³-hybridized carbons (Fsp3) is 0.429. The van der Waals surface area contributed by atoms with Gasteiger partial charge in [0.15, 0.2) is 0 Å². The molecule has 0 radical (unpaired) electrons. The van der Waals surface area contributed by atoms with Gasteiger partial charge in [-0.25, -0.2) is 4.79 Å². The zero-order valence-electron chi connectivity index (χ0n) is 10.8. The van der Waals surface area contributed by atoms with E-state index in [1.165, 1.54) is 10.6 Å². The number of nitrogens with zero attached hydrogens (tertiary/aromatic N) is 2. The van der Waals surface area contributed by atoms with Crippen molar-refractivity contribution in [3.05, 3.63) is 35.9 Å². The van der Waals surface area contributed by atoms with E-state index in [0.717, 1.165) is 18.6 Å². The predicted molar refractivity (Wildman–Crippen MR) is 70.5 cm³/mol. The third-order valence-electron chi connectivity index (χ3n) is 2.90. The second-order valence-corrected chi connectivity index (χ2v) is 4.43. The molecule has 0 bridgehead atoms. The van der Waals surface area contributed by atoms with Crippen LogP contribution < -0.4 is 0 Å². The maximum absolute atomic E-state index is 11.7. The van der Waals surface area contributed by atoms with Gasteiger partial charge in [-0.15, -0.1) is 0 Å². The van der Waals surface area contributed by atoms with Gasteiger partial charge < -0.3 is 4.74 Å². The molecule has 2 rings (SSSR count). The van der Waals surface area contributed by atoms with Crippen LogP contribution in [0.5, 0.6) is 0 Å².